The van der Waals surface area contributed by atoms with E-state index < -0.39 is 18.0 Å². The highest BCUT2D eigenvalue weighted by molar-refractivity contribution is 6.06. The Morgan fingerprint density at radius 3 is 1.88 bits per heavy atom. The van der Waals surface area contributed by atoms with E-state index in [0.29, 0.717) is 6.61 Å². The molecule has 0 bridgehead atoms. The second-order valence-electron chi connectivity index (χ2n) is 6.01. The Morgan fingerprint density at radius 1 is 0.885 bits per heavy atom. The van der Waals surface area contributed by atoms with Crippen molar-refractivity contribution in [1.29, 1.82) is 0 Å². The Morgan fingerprint density at radius 2 is 1.42 bits per heavy atom. The maximum absolute atomic E-state index is 13.3. The first-order chi connectivity index (χ1) is 12.7. The average molecular weight is 354 g/mol. The Labute approximate surface area is 155 Å². The number of hydrogen-bond acceptors (Lipinski definition) is 4. The highest BCUT2D eigenvalue weighted by atomic mass is 16.6. The summed E-state index contributed by atoms with van der Waals surface area (Å²) in [6.45, 7) is 4.34. The van der Waals surface area contributed by atoms with Crippen molar-refractivity contribution in [2.24, 2.45) is 0 Å². The molecule has 0 aliphatic carbocycles. The molecule has 1 atom stereocenters. The first-order valence-electron chi connectivity index (χ1n) is 9.10. The van der Waals surface area contributed by atoms with Crippen molar-refractivity contribution >= 4 is 11.8 Å². The molecule has 0 amide bonds. The Kier molecular flexibility index (Phi) is 8.03. The molecule has 0 fully saturated rings. The van der Waals surface area contributed by atoms with Gasteiger partial charge in [0.2, 0.25) is 6.10 Å². The Hall–Kier alpha value is -2.46. The molecular formula is C22H26O4. The van der Waals surface area contributed by atoms with Crippen LogP contribution >= 0.6 is 0 Å². The monoisotopic (exact) mass is 354 g/mol. The second kappa shape index (κ2) is 10.5. The van der Waals surface area contributed by atoms with E-state index in [4.69, 9.17) is 9.47 Å². The van der Waals surface area contributed by atoms with Crippen LogP contribution < -0.4 is 0 Å². The number of ether oxygens (including phenoxy) is 2. The number of unbranched alkanes of at least 4 members (excludes halogenated alkanes) is 1. The minimum Gasteiger partial charge on any atom is -0.463 e. The SMILES string of the molecule is CCCCOC(=O)C(OCC)C(=O)C(c1ccccc1)c1ccccc1. The quantitative estimate of drug-likeness (QED) is 0.366. The summed E-state index contributed by atoms with van der Waals surface area (Å²) in [5, 5.41) is 0. The molecule has 138 valence electrons. The van der Waals surface area contributed by atoms with Gasteiger partial charge in [-0.1, -0.05) is 74.0 Å². The van der Waals surface area contributed by atoms with Gasteiger partial charge in [0.1, 0.15) is 0 Å². The third kappa shape index (κ3) is 5.27. The van der Waals surface area contributed by atoms with Crippen LogP contribution in [0, 0.1) is 0 Å². The summed E-state index contributed by atoms with van der Waals surface area (Å²) < 4.78 is 10.8. The number of carbonyl (C=O) groups is 2. The smallest absolute Gasteiger partial charge is 0.343 e. The highest BCUT2D eigenvalue weighted by Gasteiger charge is 2.35. The van der Waals surface area contributed by atoms with Crippen LogP contribution in [0.5, 0.6) is 0 Å². The number of benzene rings is 2. The molecule has 0 radical (unpaired) electrons. The maximum atomic E-state index is 13.3. The van der Waals surface area contributed by atoms with Gasteiger partial charge in [0.05, 0.1) is 12.5 Å². The van der Waals surface area contributed by atoms with E-state index in [9.17, 15) is 9.59 Å². The molecular weight excluding hydrogens is 328 g/mol. The van der Waals surface area contributed by atoms with Crippen LogP contribution in [-0.2, 0) is 19.1 Å². The van der Waals surface area contributed by atoms with Gasteiger partial charge in [-0.3, -0.25) is 4.79 Å². The lowest BCUT2D eigenvalue weighted by atomic mass is 9.85. The van der Waals surface area contributed by atoms with Crippen molar-refractivity contribution in [3.63, 3.8) is 0 Å². The number of carbonyl (C=O) groups excluding carboxylic acids is 2. The van der Waals surface area contributed by atoms with E-state index in [1.54, 1.807) is 6.92 Å². The van der Waals surface area contributed by atoms with Crippen molar-refractivity contribution in [1.82, 2.24) is 0 Å². The summed E-state index contributed by atoms with van der Waals surface area (Å²) in [6.07, 6.45) is 0.457. The molecule has 2 aromatic carbocycles. The van der Waals surface area contributed by atoms with Crippen LogP contribution in [0.25, 0.3) is 0 Å². The minimum absolute atomic E-state index is 0.260. The molecule has 0 N–H and O–H groups in total. The van der Waals surface area contributed by atoms with E-state index in [0.717, 1.165) is 24.0 Å². The summed E-state index contributed by atoms with van der Waals surface area (Å²) in [6, 6.07) is 18.9. The maximum Gasteiger partial charge on any atom is 0.343 e. The van der Waals surface area contributed by atoms with Crippen LogP contribution in [0.15, 0.2) is 60.7 Å². The molecule has 1 unspecified atom stereocenters. The van der Waals surface area contributed by atoms with Gasteiger partial charge in [-0.15, -0.1) is 0 Å². The third-order valence-electron chi connectivity index (χ3n) is 4.10. The van der Waals surface area contributed by atoms with Crippen LogP contribution in [-0.4, -0.2) is 31.1 Å². The Balaban J connectivity index is 2.32. The van der Waals surface area contributed by atoms with E-state index in [1.165, 1.54) is 0 Å². The average Bonchev–Trinajstić information content (AvgIpc) is 2.68. The van der Waals surface area contributed by atoms with E-state index >= 15 is 0 Å². The van der Waals surface area contributed by atoms with Crippen molar-refractivity contribution in [2.45, 2.75) is 38.7 Å². The molecule has 4 heteroatoms. The number of ketones is 1. The van der Waals surface area contributed by atoms with Crippen molar-refractivity contribution in [2.75, 3.05) is 13.2 Å². The number of Topliss-reactive ketones (excluding diaryl/α,β-unsaturated/α-hetero) is 1. The van der Waals surface area contributed by atoms with E-state index in [2.05, 4.69) is 0 Å². The largest absolute Gasteiger partial charge is 0.463 e. The lowest BCUT2D eigenvalue weighted by molar-refractivity contribution is -0.161. The zero-order valence-electron chi connectivity index (χ0n) is 15.4. The normalized spacial score (nSPS) is 12.0. The summed E-state index contributed by atoms with van der Waals surface area (Å²) in [7, 11) is 0. The third-order valence-corrected chi connectivity index (χ3v) is 4.10. The molecule has 0 saturated carbocycles. The van der Waals surface area contributed by atoms with Crippen molar-refractivity contribution in [3.8, 4) is 0 Å². The highest BCUT2D eigenvalue weighted by Crippen LogP contribution is 2.27. The first kappa shape index (κ1) is 19.9. The zero-order valence-corrected chi connectivity index (χ0v) is 15.4. The van der Waals surface area contributed by atoms with Gasteiger partial charge >= 0.3 is 5.97 Å². The molecule has 0 heterocycles. The molecule has 0 spiro atoms. The van der Waals surface area contributed by atoms with Crippen LogP contribution in [0.2, 0.25) is 0 Å². The fourth-order valence-corrected chi connectivity index (χ4v) is 2.79. The molecule has 0 saturated heterocycles. The molecule has 26 heavy (non-hydrogen) atoms. The topological polar surface area (TPSA) is 52.6 Å². The molecule has 4 nitrogen and oxygen atoms in total. The van der Waals surface area contributed by atoms with Gasteiger partial charge in [0.15, 0.2) is 5.78 Å². The van der Waals surface area contributed by atoms with Crippen molar-refractivity contribution < 1.29 is 19.1 Å². The number of hydrogen-bond donors (Lipinski definition) is 0. The van der Waals surface area contributed by atoms with E-state index in [1.807, 2.05) is 67.6 Å². The number of esters is 1. The molecule has 0 aliphatic heterocycles. The van der Waals surface area contributed by atoms with Crippen molar-refractivity contribution in [3.05, 3.63) is 71.8 Å². The molecule has 0 aliphatic rings. The first-order valence-corrected chi connectivity index (χ1v) is 9.10. The summed E-state index contributed by atoms with van der Waals surface area (Å²) in [4.78, 5) is 25.7. The van der Waals surface area contributed by atoms with Gasteiger partial charge < -0.3 is 9.47 Å². The molecule has 2 aromatic rings. The Bertz CT molecular complexity index is 642. The molecule has 0 aromatic heterocycles. The second-order valence-corrected chi connectivity index (χ2v) is 6.01. The fraction of sp³-hybridized carbons (Fsp3) is 0.364. The van der Waals surface area contributed by atoms with Gasteiger partial charge in [-0.25, -0.2) is 4.79 Å². The fourth-order valence-electron chi connectivity index (χ4n) is 2.79. The van der Waals surface area contributed by atoms with Crippen LogP contribution in [0.4, 0.5) is 0 Å². The minimum atomic E-state index is -1.22. The number of rotatable bonds is 10. The standard InChI is InChI=1S/C22H26O4/c1-3-5-16-26-22(24)21(25-4-2)20(23)19(17-12-8-6-9-13-17)18-14-10-7-11-15-18/h6-15,19,21H,3-5,16H2,1-2H3. The lowest BCUT2D eigenvalue weighted by Gasteiger charge is -2.22. The van der Waals surface area contributed by atoms with Gasteiger partial charge in [0, 0.05) is 6.61 Å². The van der Waals surface area contributed by atoms with Gasteiger partial charge in [-0.2, -0.15) is 0 Å². The lowest BCUT2D eigenvalue weighted by Crippen LogP contribution is -2.38. The van der Waals surface area contributed by atoms with Crippen LogP contribution in [0.1, 0.15) is 43.7 Å². The summed E-state index contributed by atoms with van der Waals surface area (Å²) >= 11 is 0. The molecule has 2 rings (SSSR count). The predicted octanol–water partition coefficient (Wildman–Crippen LogP) is 4.14. The predicted molar refractivity (Wildman–Crippen MR) is 101 cm³/mol. The van der Waals surface area contributed by atoms with Crippen LogP contribution in [0.3, 0.4) is 0 Å². The van der Waals surface area contributed by atoms with Gasteiger partial charge in [-0.05, 0) is 24.5 Å². The summed E-state index contributed by atoms with van der Waals surface area (Å²) in [5.41, 5.74) is 1.66. The zero-order chi connectivity index (χ0) is 18.8. The summed E-state index contributed by atoms with van der Waals surface area (Å²) in [5.74, 6) is -1.49. The van der Waals surface area contributed by atoms with Gasteiger partial charge in [0.25, 0.3) is 0 Å². The van der Waals surface area contributed by atoms with E-state index in [-0.39, 0.29) is 12.4 Å².